The fourth-order valence-electron chi connectivity index (χ4n) is 3.23. The minimum Gasteiger partial charge on any atom is -0.388 e. The maximum Gasteiger partial charge on any atom is 0.164 e. The molecule has 1 N–H and O–H groups in total. The van der Waals surface area contributed by atoms with E-state index in [1.165, 1.54) is 24.6 Å². The summed E-state index contributed by atoms with van der Waals surface area (Å²) in [4.78, 5) is 0. The van der Waals surface area contributed by atoms with Crippen molar-refractivity contribution < 1.29 is 13.9 Å². The average Bonchev–Trinajstić information content (AvgIpc) is 2.51. The van der Waals surface area contributed by atoms with Crippen molar-refractivity contribution in [2.45, 2.75) is 38.2 Å². The Labute approximate surface area is 123 Å². The van der Waals surface area contributed by atoms with Gasteiger partial charge in [0.05, 0.1) is 6.10 Å². The summed E-state index contributed by atoms with van der Waals surface area (Å²) in [5, 5.41) is 10.6. The van der Waals surface area contributed by atoms with Crippen molar-refractivity contribution in [3.63, 3.8) is 0 Å². The quantitative estimate of drug-likeness (QED) is 0.867. The SMILES string of the molecule is Cc1ccc(C(O)C2CCCc3ccccc32)c(F)c1F. The summed E-state index contributed by atoms with van der Waals surface area (Å²) in [5.74, 6) is -1.97. The molecule has 2 atom stereocenters. The van der Waals surface area contributed by atoms with E-state index in [9.17, 15) is 13.9 Å². The summed E-state index contributed by atoms with van der Waals surface area (Å²) in [5.41, 5.74) is 2.56. The molecule has 0 aromatic heterocycles. The van der Waals surface area contributed by atoms with E-state index in [-0.39, 0.29) is 17.0 Å². The third-order valence-electron chi connectivity index (χ3n) is 4.42. The Kier molecular flexibility index (Phi) is 3.77. The number of aliphatic hydroxyl groups is 1. The van der Waals surface area contributed by atoms with Gasteiger partial charge in [-0.2, -0.15) is 0 Å². The maximum absolute atomic E-state index is 14.1. The van der Waals surface area contributed by atoms with Crippen LogP contribution in [0.1, 0.15) is 47.1 Å². The molecule has 0 heterocycles. The van der Waals surface area contributed by atoms with Gasteiger partial charge in [-0.25, -0.2) is 8.78 Å². The Hall–Kier alpha value is -1.74. The van der Waals surface area contributed by atoms with E-state index in [0.29, 0.717) is 0 Å². The minimum absolute atomic E-state index is 0.0554. The van der Waals surface area contributed by atoms with Gasteiger partial charge in [0.1, 0.15) is 0 Å². The summed E-state index contributed by atoms with van der Waals surface area (Å²) in [6.07, 6.45) is 1.70. The number of fused-ring (bicyclic) bond motifs is 1. The molecule has 0 saturated carbocycles. The van der Waals surface area contributed by atoms with Gasteiger partial charge in [-0.05, 0) is 42.9 Å². The molecule has 3 heteroatoms. The summed E-state index contributed by atoms with van der Waals surface area (Å²) in [6.45, 7) is 1.52. The van der Waals surface area contributed by atoms with Gasteiger partial charge in [0, 0.05) is 11.5 Å². The zero-order valence-corrected chi connectivity index (χ0v) is 11.9. The second-order valence-electron chi connectivity index (χ2n) is 5.74. The van der Waals surface area contributed by atoms with Gasteiger partial charge >= 0.3 is 0 Å². The van der Waals surface area contributed by atoms with Gasteiger partial charge < -0.3 is 5.11 Å². The largest absolute Gasteiger partial charge is 0.388 e. The van der Waals surface area contributed by atoms with E-state index >= 15 is 0 Å². The van der Waals surface area contributed by atoms with Crippen LogP contribution in [0, 0.1) is 18.6 Å². The van der Waals surface area contributed by atoms with Gasteiger partial charge in [-0.1, -0.05) is 36.4 Å². The zero-order chi connectivity index (χ0) is 15.0. The summed E-state index contributed by atoms with van der Waals surface area (Å²) in [7, 11) is 0. The molecule has 3 rings (SSSR count). The summed E-state index contributed by atoms with van der Waals surface area (Å²) >= 11 is 0. The Bertz CT molecular complexity index is 666. The van der Waals surface area contributed by atoms with Crippen LogP contribution in [0.5, 0.6) is 0 Å². The number of benzene rings is 2. The number of aryl methyl sites for hydroxylation is 2. The third kappa shape index (κ3) is 2.46. The molecule has 0 bridgehead atoms. The highest BCUT2D eigenvalue weighted by atomic mass is 19.2. The van der Waals surface area contributed by atoms with Crippen LogP contribution in [0.4, 0.5) is 8.78 Å². The van der Waals surface area contributed by atoms with Crippen molar-refractivity contribution in [2.24, 2.45) is 0 Å². The van der Waals surface area contributed by atoms with Gasteiger partial charge in [-0.15, -0.1) is 0 Å². The van der Waals surface area contributed by atoms with Crippen molar-refractivity contribution >= 4 is 0 Å². The predicted octanol–water partition coefficient (Wildman–Crippen LogP) is 4.43. The second-order valence-corrected chi connectivity index (χ2v) is 5.74. The third-order valence-corrected chi connectivity index (χ3v) is 4.42. The van der Waals surface area contributed by atoms with Crippen LogP contribution in [-0.4, -0.2) is 5.11 Å². The van der Waals surface area contributed by atoms with Crippen LogP contribution in [0.25, 0.3) is 0 Å². The smallest absolute Gasteiger partial charge is 0.164 e. The summed E-state index contributed by atoms with van der Waals surface area (Å²) < 4.78 is 27.8. The molecule has 0 amide bonds. The molecule has 2 unspecified atom stereocenters. The van der Waals surface area contributed by atoms with Crippen LogP contribution in [-0.2, 0) is 6.42 Å². The first-order valence-corrected chi connectivity index (χ1v) is 7.30. The molecule has 0 fully saturated rings. The molecule has 0 spiro atoms. The zero-order valence-electron chi connectivity index (χ0n) is 11.9. The Morgan fingerprint density at radius 1 is 1.10 bits per heavy atom. The first-order chi connectivity index (χ1) is 10.1. The lowest BCUT2D eigenvalue weighted by Crippen LogP contribution is -2.18. The van der Waals surface area contributed by atoms with E-state index in [0.717, 1.165) is 24.8 Å². The molecule has 0 aliphatic heterocycles. The Balaban J connectivity index is 2.01. The van der Waals surface area contributed by atoms with Crippen molar-refractivity contribution in [1.82, 2.24) is 0 Å². The topological polar surface area (TPSA) is 20.2 Å². The molecule has 2 aromatic rings. The molecule has 1 nitrogen and oxygen atoms in total. The standard InChI is InChI=1S/C18H18F2O/c1-11-9-10-15(17(20)16(11)19)18(21)14-8-4-6-12-5-2-3-7-13(12)14/h2-3,5,7,9-10,14,18,21H,4,6,8H2,1H3. The second kappa shape index (κ2) is 5.57. The first kappa shape index (κ1) is 14.2. The highest BCUT2D eigenvalue weighted by Gasteiger charge is 2.30. The van der Waals surface area contributed by atoms with E-state index in [2.05, 4.69) is 0 Å². The van der Waals surface area contributed by atoms with Crippen LogP contribution < -0.4 is 0 Å². The highest BCUT2D eigenvalue weighted by Crippen LogP contribution is 2.41. The van der Waals surface area contributed by atoms with Crippen LogP contribution in [0.2, 0.25) is 0 Å². The molecule has 110 valence electrons. The van der Waals surface area contributed by atoms with Gasteiger partial charge in [0.2, 0.25) is 0 Å². The molecule has 1 aliphatic carbocycles. The van der Waals surface area contributed by atoms with Gasteiger partial charge in [0.25, 0.3) is 0 Å². The van der Waals surface area contributed by atoms with E-state index in [1.807, 2.05) is 24.3 Å². The number of hydrogen-bond donors (Lipinski definition) is 1. The van der Waals surface area contributed by atoms with E-state index < -0.39 is 17.7 Å². The monoisotopic (exact) mass is 288 g/mol. The number of hydrogen-bond acceptors (Lipinski definition) is 1. The minimum atomic E-state index is -1.01. The van der Waals surface area contributed by atoms with Gasteiger partial charge in [-0.3, -0.25) is 0 Å². The first-order valence-electron chi connectivity index (χ1n) is 7.30. The average molecular weight is 288 g/mol. The van der Waals surface area contributed by atoms with Crippen LogP contribution >= 0.6 is 0 Å². The number of rotatable bonds is 2. The Morgan fingerprint density at radius 3 is 2.67 bits per heavy atom. The lowest BCUT2D eigenvalue weighted by molar-refractivity contribution is 0.131. The summed E-state index contributed by atoms with van der Waals surface area (Å²) in [6, 6.07) is 10.9. The lowest BCUT2D eigenvalue weighted by atomic mass is 9.78. The number of aliphatic hydroxyl groups excluding tert-OH is 1. The van der Waals surface area contributed by atoms with E-state index in [1.54, 1.807) is 0 Å². The van der Waals surface area contributed by atoms with Crippen LogP contribution in [0.15, 0.2) is 36.4 Å². The van der Waals surface area contributed by atoms with E-state index in [4.69, 9.17) is 0 Å². The van der Waals surface area contributed by atoms with Crippen molar-refractivity contribution in [3.8, 4) is 0 Å². The molecular weight excluding hydrogens is 270 g/mol. The Morgan fingerprint density at radius 2 is 1.86 bits per heavy atom. The molecule has 1 aliphatic rings. The van der Waals surface area contributed by atoms with Crippen molar-refractivity contribution in [3.05, 3.63) is 70.3 Å². The molecule has 0 radical (unpaired) electrons. The maximum atomic E-state index is 14.1. The normalized spacial score (nSPS) is 19.1. The fraction of sp³-hybridized carbons (Fsp3) is 0.333. The van der Waals surface area contributed by atoms with Crippen LogP contribution in [0.3, 0.4) is 0 Å². The molecular formula is C18H18F2O. The molecule has 21 heavy (non-hydrogen) atoms. The molecule has 2 aromatic carbocycles. The van der Waals surface area contributed by atoms with Crippen molar-refractivity contribution in [2.75, 3.05) is 0 Å². The highest BCUT2D eigenvalue weighted by molar-refractivity contribution is 5.36. The van der Waals surface area contributed by atoms with Gasteiger partial charge in [0.15, 0.2) is 11.6 Å². The fourth-order valence-corrected chi connectivity index (χ4v) is 3.23. The predicted molar refractivity (Wildman–Crippen MR) is 78.2 cm³/mol. The lowest BCUT2D eigenvalue weighted by Gasteiger charge is -2.30. The van der Waals surface area contributed by atoms with Crippen molar-refractivity contribution in [1.29, 1.82) is 0 Å². The molecule has 0 saturated heterocycles. The number of halogens is 2.